The van der Waals surface area contributed by atoms with Gasteiger partial charge in [0.25, 0.3) is 5.56 Å². The van der Waals surface area contributed by atoms with E-state index in [4.69, 9.17) is 5.73 Å². The van der Waals surface area contributed by atoms with E-state index in [-0.39, 0.29) is 5.56 Å². The van der Waals surface area contributed by atoms with Crippen LogP contribution in [-0.2, 0) is 13.1 Å². The SMILES string of the molecule is CCn1cccc(CN=C(N)NC2CCCCC2)c1=O. The molecule has 0 atom stereocenters. The monoisotopic (exact) mass is 276 g/mol. The highest BCUT2D eigenvalue weighted by molar-refractivity contribution is 5.78. The molecular weight excluding hydrogens is 252 g/mol. The molecule has 0 aromatic carbocycles. The van der Waals surface area contributed by atoms with Crippen LogP contribution in [-0.4, -0.2) is 16.6 Å². The van der Waals surface area contributed by atoms with Crippen molar-refractivity contribution in [2.75, 3.05) is 0 Å². The van der Waals surface area contributed by atoms with Gasteiger partial charge in [-0.3, -0.25) is 4.79 Å². The molecule has 0 aliphatic heterocycles. The molecule has 1 aliphatic carbocycles. The van der Waals surface area contributed by atoms with Gasteiger partial charge < -0.3 is 15.6 Å². The minimum Gasteiger partial charge on any atom is -0.370 e. The van der Waals surface area contributed by atoms with E-state index in [0.29, 0.717) is 30.7 Å². The van der Waals surface area contributed by atoms with Gasteiger partial charge in [0.15, 0.2) is 5.96 Å². The average Bonchev–Trinajstić information content (AvgIpc) is 2.47. The molecule has 2 rings (SSSR count). The first kappa shape index (κ1) is 14.6. The molecule has 1 aromatic heterocycles. The van der Waals surface area contributed by atoms with Crippen LogP contribution >= 0.6 is 0 Å². The molecule has 0 amide bonds. The van der Waals surface area contributed by atoms with Gasteiger partial charge in [-0.05, 0) is 25.8 Å². The second-order valence-electron chi connectivity index (χ2n) is 5.31. The number of nitrogens with zero attached hydrogens (tertiary/aromatic N) is 2. The number of nitrogens with one attached hydrogen (secondary N) is 1. The van der Waals surface area contributed by atoms with E-state index in [1.54, 1.807) is 10.8 Å². The lowest BCUT2D eigenvalue weighted by Gasteiger charge is -2.23. The van der Waals surface area contributed by atoms with E-state index in [9.17, 15) is 4.79 Å². The van der Waals surface area contributed by atoms with Gasteiger partial charge in [0, 0.05) is 24.3 Å². The Morgan fingerprint density at radius 2 is 2.20 bits per heavy atom. The van der Waals surface area contributed by atoms with Crippen molar-refractivity contribution in [1.29, 1.82) is 0 Å². The quantitative estimate of drug-likeness (QED) is 0.648. The molecule has 0 radical (unpaired) electrons. The number of pyridine rings is 1. The number of aryl methyl sites for hydroxylation is 1. The summed E-state index contributed by atoms with van der Waals surface area (Å²) in [5.41, 5.74) is 6.60. The van der Waals surface area contributed by atoms with Gasteiger partial charge in [-0.15, -0.1) is 0 Å². The van der Waals surface area contributed by atoms with Crippen LogP contribution in [0.4, 0.5) is 0 Å². The van der Waals surface area contributed by atoms with Crippen molar-refractivity contribution in [3.8, 4) is 0 Å². The third kappa shape index (κ3) is 3.85. The lowest BCUT2D eigenvalue weighted by molar-refractivity contribution is 0.412. The minimum absolute atomic E-state index is 0.0178. The predicted molar refractivity (Wildman–Crippen MR) is 81.7 cm³/mol. The molecule has 5 nitrogen and oxygen atoms in total. The smallest absolute Gasteiger partial charge is 0.255 e. The Bertz CT molecular complexity index is 515. The second kappa shape index (κ2) is 7.12. The zero-order chi connectivity index (χ0) is 14.4. The maximum Gasteiger partial charge on any atom is 0.255 e. The maximum atomic E-state index is 12.0. The molecule has 0 bridgehead atoms. The molecule has 1 aromatic rings. The topological polar surface area (TPSA) is 72.4 Å². The van der Waals surface area contributed by atoms with Crippen molar-refractivity contribution in [3.05, 3.63) is 34.2 Å². The fraction of sp³-hybridized carbons (Fsp3) is 0.600. The molecule has 5 heteroatoms. The van der Waals surface area contributed by atoms with E-state index >= 15 is 0 Å². The van der Waals surface area contributed by atoms with Crippen LogP contribution in [0.2, 0.25) is 0 Å². The van der Waals surface area contributed by atoms with E-state index in [1.807, 2.05) is 19.1 Å². The maximum absolute atomic E-state index is 12.0. The summed E-state index contributed by atoms with van der Waals surface area (Å²) in [5.74, 6) is 0.447. The van der Waals surface area contributed by atoms with Crippen molar-refractivity contribution in [1.82, 2.24) is 9.88 Å². The van der Waals surface area contributed by atoms with Gasteiger partial charge in [0.05, 0.1) is 6.54 Å². The van der Waals surface area contributed by atoms with E-state index in [0.717, 1.165) is 12.8 Å². The third-order valence-electron chi connectivity index (χ3n) is 3.82. The van der Waals surface area contributed by atoms with Gasteiger partial charge in [0.2, 0.25) is 0 Å². The Kier molecular flexibility index (Phi) is 5.21. The van der Waals surface area contributed by atoms with E-state index < -0.39 is 0 Å². The molecule has 20 heavy (non-hydrogen) atoms. The molecule has 0 unspecified atom stereocenters. The fourth-order valence-corrected chi connectivity index (χ4v) is 2.63. The summed E-state index contributed by atoms with van der Waals surface area (Å²) in [6.45, 7) is 2.96. The fourth-order valence-electron chi connectivity index (χ4n) is 2.63. The average molecular weight is 276 g/mol. The molecule has 1 saturated carbocycles. The van der Waals surface area contributed by atoms with Gasteiger partial charge in [-0.1, -0.05) is 25.3 Å². The van der Waals surface area contributed by atoms with Crippen LogP contribution in [0.5, 0.6) is 0 Å². The molecule has 1 aliphatic rings. The summed E-state index contributed by atoms with van der Waals surface area (Å²) in [4.78, 5) is 16.3. The van der Waals surface area contributed by atoms with Crippen LogP contribution < -0.4 is 16.6 Å². The van der Waals surface area contributed by atoms with Crippen molar-refractivity contribution >= 4 is 5.96 Å². The van der Waals surface area contributed by atoms with Crippen molar-refractivity contribution in [3.63, 3.8) is 0 Å². The zero-order valence-electron chi connectivity index (χ0n) is 12.1. The summed E-state index contributed by atoms with van der Waals surface area (Å²) in [6.07, 6.45) is 7.93. The van der Waals surface area contributed by atoms with Crippen LogP contribution in [0.3, 0.4) is 0 Å². The molecule has 0 saturated heterocycles. The summed E-state index contributed by atoms with van der Waals surface area (Å²) in [5, 5.41) is 3.26. The standard InChI is InChI=1S/C15H24N4O/c1-2-19-10-6-7-12(14(19)20)11-17-15(16)18-13-8-4-3-5-9-13/h6-7,10,13H,2-5,8-9,11H2,1H3,(H3,16,17,18). The first-order valence-corrected chi connectivity index (χ1v) is 7.45. The van der Waals surface area contributed by atoms with Gasteiger partial charge in [0.1, 0.15) is 0 Å². The summed E-state index contributed by atoms with van der Waals surface area (Å²) >= 11 is 0. The highest BCUT2D eigenvalue weighted by Crippen LogP contribution is 2.16. The highest BCUT2D eigenvalue weighted by Gasteiger charge is 2.13. The largest absolute Gasteiger partial charge is 0.370 e. The Labute approximate surface area is 119 Å². The normalized spacial score (nSPS) is 17.1. The van der Waals surface area contributed by atoms with Crippen molar-refractivity contribution < 1.29 is 0 Å². The molecule has 110 valence electrons. The zero-order valence-corrected chi connectivity index (χ0v) is 12.1. The first-order chi connectivity index (χ1) is 9.70. The summed E-state index contributed by atoms with van der Waals surface area (Å²) < 4.78 is 1.68. The number of hydrogen-bond acceptors (Lipinski definition) is 2. The Hall–Kier alpha value is -1.78. The third-order valence-corrected chi connectivity index (χ3v) is 3.82. The van der Waals surface area contributed by atoms with Gasteiger partial charge >= 0.3 is 0 Å². The van der Waals surface area contributed by atoms with Crippen LogP contribution in [0.15, 0.2) is 28.1 Å². The van der Waals surface area contributed by atoms with E-state index in [2.05, 4.69) is 10.3 Å². The summed E-state index contributed by atoms with van der Waals surface area (Å²) in [6, 6.07) is 4.13. The van der Waals surface area contributed by atoms with Crippen molar-refractivity contribution in [2.45, 2.75) is 58.2 Å². The molecule has 0 spiro atoms. The lowest BCUT2D eigenvalue weighted by Crippen LogP contribution is -2.41. The van der Waals surface area contributed by atoms with Crippen LogP contribution in [0.1, 0.15) is 44.6 Å². The minimum atomic E-state index is 0.0178. The number of rotatable bonds is 4. The number of aliphatic imine (C=N–C) groups is 1. The number of guanidine groups is 1. The molecular formula is C15H24N4O. The Morgan fingerprint density at radius 3 is 2.90 bits per heavy atom. The van der Waals surface area contributed by atoms with Crippen LogP contribution in [0.25, 0.3) is 0 Å². The number of aromatic nitrogens is 1. The van der Waals surface area contributed by atoms with Gasteiger partial charge in [-0.2, -0.15) is 0 Å². The predicted octanol–water partition coefficient (Wildman–Crippen LogP) is 1.61. The van der Waals surface area contributed by atoms with E-state index in [1.165, 1.54) is 19.3 Å². The van der Waals surface area contributed by atoms with Crippen LogP contribution in [0, 0.1) is 0 Å². The Balaban J connectivity index is 1.96. The lowest BCUT2D eigenvalue weighted by atomic mass is 9.96. The Morgan fingerprint density at radius 1 is 1.45 bits per heavy atom. The van der Waals surface area contributed by atoms with Crippen molar-refractivity contribution in [2.24, 2.45) is 10.7 Å². The first-order valence-electron chi connectivity index (χ1n) is 7.45. The molecule has 1 fully saturated rings. The molecule has 3 N–H and O–H groups in total. The van der Waals surface area contributed by atoms with Gasteiger partial charge in [-0.25, -0.2) is 4.99 Å². The number of nitrogens with two attached hydrogens (primary N) is 1. The second-order valence-corrected chi connectivity index (χ2v) is 5.31. The number of hydrogen-bond donors (Lipinski definition) is 2. The molecule has 1 heterocycles. The highest BCUT2D eigenvalue weighted by atomic mass is 16.1. The summed E-state index contributed by atoms with van der Waals surface area (Å²) in [7, 11) is 0.